The number of nitrogens with zero attached hydrogens (tertiary/aromatic N) is 1. The first kappa shape index (κ1) is 17.4. The number of piperidine rings is 1. The molecule has 0 spiro atoms. The Balaban J connectivity index is 1.46. The Morgan fingerprint density at radius 1 is 0.793 bits per heavy atom. The monoisotopic (exact) mass is 381 g/mol. The van der Waals surface area contributed by atoms with Crippen LogP contribution in [0.15, 0.2) is 72.8 Å². The first-order valence-electron chi connectivity index (χ1n) is 10.9. The number of hydrogen-bond donors (Lipinski definition) is 1. The van der Waals surface area contributed by atoms with Gasteiger partial charge >= 0.3 is 0 Å². The first-order chi connectivity index (χ1) is 14.2. The molecule has 146 valence electrons. The van der Waals surface area contributed by atoms with Gasteiger partial charge in [0.05, 0.1) is 5.60 Å². The van der Waals surface area contributed by atoms with Crippen LogP contribution in [0.1, 0.15) is 58.2 Å². The number of rotatable bonds is 1. The van der Waals surface area contributed by atoms with Gasteiger partial charge in [-0.05, 0) is 52.6 Å². The van der Waals surface area contributed by atoms with Crippen LogP contribution in [0.4, 0.5) is 0 Å². The van der Waals surface area contributed by atoms with Gasteiger partial charge in [-0.15, -0.1) is 0 Å². The molecule has 0 aromatic heterocycles. The van der Waals surface area contributed by atoms with Crippen molar-refractivity contribution < 1.29 is 5.11 Å². The first-order valence-corrected chi connectivity index (χ1v) is 10.9. The highest BCUT2D eigenvalue weighted by molar-refractivity contribution is 5.51. The van der Waals surface area contributed by atoms with Crippen molar-refractivity contribution in [2.24, 2.45) is 0 Å². The van der Waals surface area contributed by atoms with Crippen LogP contribution in [0, 0.1) is 0 Å². The number of aliphatic hydroxyl groups is 1. The van der Waals surface area contributed by atoms with E-state index in [-0.39, 0.29) is 0 Å². The van der Waals surface area contributed by atoms with Crippen LogP contribution in [0.5, 0.6) is 0 Å². The Morgan fingerprint density at radius 2 is 1.52 bits per heavy atom. The molecule has 0 amide bonds. The summed E-state index contributed by atoms with van der Waals surface area (Å²) in [4.78, 5) is 2.64. The molecule has 1 aliphatic carbocycles. The van der Waals surface area contributed by atoms with Crippen molar-refractivity contribution in [1.82, 2.24) is 4.90 Å². The summed E-state index contributed by atoms with van der Waals surface area (Å²) in [5.41, 5.74) is 7.87. The quantitative estimate of drug-likeness (QED) is 0.644. The molecule has 3 aliphatic rings. The van der Waals surface area contributed by atoms with Gasteiger partial charge in [0.15, 0.2) is 0 Å². The highest BCUT2D eigenvalue weighted by Crippen LogP contribution is 2.50. The summed E-state index contributed by atoms with van der Waals surface area (Å²) in [6.07, 6.45) is 3.83. The molecule has 1 fully saturated rings. The second-order valence-corrected chi connectivity index (χ2v) is 9.03. The van der Waals surface area contributed by atoms with Crippen molar-refractivity contribution >= 4 is 0 Å². The Bertz CT molecular complexity index is 1060. The molecule has 2 aliphatic heterocycles. The molecule has 3 atom stereocenters. The SMILES string of the molecule is O[C@]1(c2ccccc2)CCN2C[C@@H]3c4ccccc4CCc4cccc(c43)[C@H]2C1. The zero-order valence-electron chi connectivity index (χ0n) is 16.7. The third kappa shape index (κ3) is 2.70. The number of benzene rings is 3. The second kappa shape index (κ2) is 6.55. The lowest BCUT2D eigenvalue weighted by Crippen LogP contribution is -2.48. The highest BCUT2D eigenvalue weighted by atomic mass is 16.3. The fraction of sp³-hybridized carbons (Fsp3) is 0.333. The number of hydrogen-bond acceptors (Lipinski definition) is 2. The largest absolute Gasteiger partial charge is 0.385 e. The van der Waals surface area contributed by atoms with Gasteiger partial charge in [0.2, 0.25) is 0 Å². The average molecular weight is 382 g/mol. The van der Waals surface area contributed by atoms with Crippen LogP contribution in [0.25, 0.3) is 0 Å². The zero-order valence-corrected chi connectivity index (χ0v) is 16.7. The summed E-state index contributed by atoms with van der Waals surface area (Å²) in [7, 11) is 0. The van der Waals surface area contributed by atoms with Crippen molar-refractivity contribution in [3.8, 4) is 0 Å². The van der Waals surface area contributed by atoms with Crippen molar-refractivity contribution in [1.29, 1.82) is 0 Å². The van der Waals surface area contributed by atoms with Crippen molar-refractivity contribution in [3.63, 3.8) is 0 Å². The van der Waals surface area contributed by atoms with E-state index < -0.39 is 5.60 Å². The van der Waals surface area contributed by atoms with E-state index in [9.17, 15) is 5.11 Å². The minimum atomic E-state index is -0.735. The van der Waals surface area contributed by atoms with E-state index in [1.54, 1.807) is 5.56 Å². The zero-order chi connectivity index (χ0) is 19.4. The Kier molecular flexibility index (Phi) is 3.94. The maximum atomic E-state index is 11.6. The third-order valence-electron chi connectivity index (χ3n) is 7.54. The maximum absolute atomic E-state index is 11.6. The highest BCUT2D eigenvalue weighted by Gasteiger charge is 2.45. The van der Waals surface area contributed by atoms with Gasteiger partial charge < -0.3 is 5.11 Å². The molecule has 1 saturated heterocycles. The standard InChI is InChI=1S/C27H27NO/c29-27(21-9-2-1-3-10-21)15-16-28-18-24-22-11-5-4-7-19(22)13-14-20-8-6-12-23(26(20)24)25(28)17-27/h1-12,24-25,29H,13-18H2/t24-,25-,27-/m1/s1. The average Bonchev–Trinajstić information content (AvgIpc) is 2.93. The van der Waals surface area contributed by atoms with Crippen LogP contribution in [-0.2, 0) is 18.4 Å². The lowest BCUT2D eigenvalue weighted by atomic mass is 9.72. The molecule has 0 radical (unpaired) electrons. The molecule has 0 saturated carbocycles. The van der Waals surface area contributed by atoms with Crippen molar-refractivity contribution in [2.45, 2.75) is 43.2 Å². The molecule has 0 unspecified atom stereocenters. The molecule has 1 N–H and O–H groups in total. The minimum Gasteiger partial charge on any atom is -0.385 e. The van der Waals surface area contributed by atoms with Gasteiger partial charge in [0, 0.05) is 31.5 Å². The topological polar surface area (TPSA) is 23.5 Å². The van der Waals surface area contributed by atoms with Gasteiger partial charge in [-0.2, -0.15) is 0 Å². The van der Waals surface area contributed by atoms with Gasteiger partial charge in [-0.25, -0.2) is 0 Å². The molecule has 3 aromatic carbocycles. The van der Waals surface area contributed by atoms with Gasteiger partial charge in [0.1, 0.15) is 0 Å². The minimum absolute atomic E-state index is 0.297. The van der Waals surface area contributed by atoms with Gasteiger partial charge in [-0.3, -0.25) is 4.90 Å². The Morgan fingerprint density at radius 3 is 2.41 bits per heavy atom. The predicted octanol–water partition coefficient (Wildman–Crippen LogP) is 4.96. The summed E-state index contributed by atoms with van der Waals surface area (Å²) in [5, 5.41) is 11.6. The van der Waals surface area contributed by atoms with Gasteiger partial charge in [-0.1, -0.05) is 72.8 Å². The van der Waals surface area contributed by atoms with E-state index in [1.165, 1.54) is 22.3 Å². The summed E-state index contributed by atoms with van der Waals surface area (Å²) in [6, 6.07) is 26.5. The third-order valence-corrected chi connectivity index (χ3v) is 7.54. The van der Waals surface area contributed by atoms with E-state index in [1.807, 2.05) is 18.2 Å². The van der Waals surface area contributed by atoms with E-state index >= 15 is 0 Å². The van der Waals surface area contributed by atoms with Crippen LogP contribution in [-0.4, -0.2) is 23.1 Å². The fourth-order valence-corrected chi connectivity index (χ4v) is 6.09. The van der Waals surface area contributed by atoms with Crippen molar-refractivity contribution in [2.75, 3.05) is 13.1 Å². The van der Waals surface area contributed by atoms with Crippen LogP contribution < -0.4 is 0 Å². The smallest absolute Gasteiger partial charge is 0.0926 e. The predicted molar refractivity (Wildman–Crippen MR) is 116 cm³/mol. The summed E-state index contributed by atoms with van der Waals surface area (Å²) in [5.74, 6) is 0.457. The molecule has 29 heavy (non-hydrogen) atoms. The van der Waals surface area contributed by atoms with E-state index in [4.69, 9.17) is 0 Å². The van der Waals surface area contributed by atoms with E-state index in [2.05, 4.69) is 59.5 Å². The summed E-state index contributed by atoms with van der Waals surface area (Å²) in [6.45, 7) is 2.01. The van der Waals surface area contributed by atoms with Crippen molar-refractivity contribution in [3.05, 3.63) is 106 Å². The Hall–Kier alpha value is -2.42. The molecule has 2 heterocycles. The van der Waals surface area contributed by atoms with Gasteiger partial charge in [0.25, 0.3) is 0 Å². The maximum Gasteiger partial charge on any atom is 0.0926 e. The normalized spacial score (nSPS) is 28.0. The number of fused-ring (bicyclic) bond motifs is 4. The lowest BCUT2D eigenvalue weighted by Gasteiger charge is -2.49. The molecule has 2 nitrogen and oxygen atoms in total. The summed E-state index contributed by atoms with van der Waals surface area (Å²) < 4.78 is 0. The van der Waals surface area contributed by atoms with Crippen LogP contribution >= 0.6 is 0 Å². The summed E-state index contributed by atoms with van der Waals surface area (Å²) >= 11 is 0. The number of aryl methyl sites for hydroxylation is 2. The second-order valence-electron chi connectivity index (χ2n) is 9.03. The van der Waals surface area contributed by atoms with Crippen LogP contribution in [0.2, 0.25) is 0 Å². The molecule has 6 rings (SSSR count). The molecular formula is C27H27NO. The van der Waals surface area contributed by atoms with E-state index in [0.29, 0.717) is 12.0 Å². The fourth-order valence-electron chi connectivity index (χ4n) is 6.09. The molecular weight excluding hydrogens is 354 g/mol. The molecule has 3 aromatic rings. The molecule has 0 bridgehead atoms. The lowest BCUT2D eigenvalue weighted by molar-refractivity contribution is -0.0571. The van der Waals surface area contributed by atoms with E-state index in [0.717, 1.165) is 44.3 Å². The Labute approximate surface area is 172 Å². The van der Waals surface area contributed by atoms with Crippen LogP contribution in [0.3, 0.4) is 0 Å². The molecule has 2 heteroatoms.